The highest BCUT2D eigenvalue weighted by atomic mass is 35.5. The van der Waals surface area contributed by atoms with Crippen LogP contribution in [0.1, 0.15) is 32.6 Å². The molecular formula is C12H18ClN3. The van der Waals surface area contributed by atoms with Gasteiger partial charge < -0.3 is 10.6 Å². The Labute approximate surface area is 102 Å². The highest BCUT2D eigenvalue weighted by molar-refractivity contribution is 6.33. The van der Waals surface area contributed by atoms with Crippen molar-refractivity contribution in [2.45, 2.75) is 38.6 Å². The van der Waals surface area contributed by atoms with Crippen LogP contribution in [0.3, 0.4) is 0 Å². The maximum Gasteiger partial charge on any atom is 0.147 e. The van der Waals surface area contributed by atoms with Crippen molar-refractivity contribution in [1.82, 2.24) is 4.98 Å². The first kappa shape index (κ1) is 11.5. The Hall–Kier alpha value is -0.960. The lowest BCUT2D eigenvalue weighted by Gasteiger charge is -2.29. The number of rotatable bonds is 3. The Kier molecular flexibility index (Phi) is 3.54. The van der Waals surface area contributed by atoms with E-state index in [-0.39, 0.29) is 0 Å². The zero-order valence-electron chi connectivity index (χ0n) is 9.62. The molecule has 3 nitrogen and oxygen atoms in total. The van der Waals surface area contributed by atoms with E-state index in [9.17, 15) is 0 Å². The highest BCUT2D eigenvalue weighted by Crippen LogP contribution is 2.31. The molecule has 16 heavy (non-hydrogen) atoms. The van der Waals surface area contributed by atoms with Crippen LogP contribution in [0.25, 0.3) is 0 Å². The van der Waals surface area contributed by atoms with Gasteiger partial charge in [-0.15, -0.1) is 0 Å². The van der Waals surface area contributed by atoms with Crippen LogP contribution in [0.4, 0.5) is 11.5 Å². The number of hydrogen-bond donors (Lipinski definition) is 1. The Morgan fingerprint density at radius 2 is 2.19 bits per heavy atom. The molecule has 0 amide bonds. The summed E-state index contributed by atoms with van der Waals surface area (Å²) in [7, 11) is 0. The van der Waals surface area contributed by atoms with Crippen LogP contribution in [-0.2, 0) is 0 Å². The van der Waals surface area contributed by atoms with Gasteiger partial charge in [0, 0.05) is 12.6 Å². The Bertz CT molecular complexity index is 361. The fourth-order valence-corrected chi connectivity index (χ4v) is 2.74. The second kappa shape index (κ2) is 4.91. The van der Waals surface area contributed by atoms with Gasteiger partial charge in [-0.3, -0.25) is 0 Å². The smallest absolute Gasteiger partial charge is 0.147 e. The number of halogens is 1. The zero-order chi connectivity index (χ0) is 11.5. The van der Waals surface area contributed by atoms with Crippen molar-refractivity contribution in [3.8, 4) is 0 Å². The van der Waals surface area contributed by atoms with Gasteiger partial charge in [0.05, 0.1) is 16.9 Å². The number of nitrogens with zero attached hydrogens (tertiary/aromatic N) is 2. The quantitative estimate of drug-likeness (QED) is 0.882. The molecule has 4 heteroatoms. The minimum Gasteiger partial charge on any atom is -0.397 e. The summed E-state index contributed by atoms with van der Waals surface area (Å²) in [6.07, 6.45) is 6.80. The molecule has 1 heterocycles. The van der Waals surface area contributed by atoms with Crippen LogP contribution in [0, 0.1) is 0 Å². The first-order valence-electron chi connectivity index (χ1n) is 5.90. The molecule has 88 valence electrons. The van der Waals surface area contributed by atoms with Crippen molar-refractivity contribution in [3.63, 3.8) is 0 Å². The molecule has 0 unspecified atom stereocenters. The van der Waals surface area contributed by atoms with E-state index in [2.05, 4.69) is 16.8 Å². The Morgan fingerprint density at radius 3 is 2.75 bits per heavy atom. The minimum absolute atomic E-state index is 0.596. The number of pyridine rings is 1. The first-order chi connectivity index (χ1) is 7.72. The van der Waals surface area contributed by atoms with E-state index in [1.54, 1.807) is 12.3 Å². The molecule has 0 aromatic carbocycles. The third-order valence-corrected chi connectivity index (χ3v) is 3.50. The van der Waals surface area contributed by atoms with E-state index in [4.69, 9.17) is 17.3 Å². The van der Waals surface area contributed by atoms with Crippen LogP contribution in [-0.4, -0.2) is 17.6 Å². The number of hydrogen-bond acceptors (Lipinski definition) is 3. The summed E-state index contributed by atoms with van der Waals surface area (Å²) in [5, 5.41) is 0.661. The van der Waals surface area contributed by atoms with Crippen molar-refractivity contribution in [2.75, 3.05) is 17.2 Å². The Morgan fingerprint density at radius 1 is 1.50 bits per heavy atom. The van der Waals surface area contributed by atoms with Crippen molar-refractivity contribution in [1.29, 1.82) is 0 Å². The summed E-state index contributed by atoms with van der Waals surface area (Å²) in [4.78, 5) is 6.66. The maximum atomic E-state index is 6.20. The third kappa shape index (κ3) is 2.24. The topological polar surface area (TPSA) is 42.2 Å². The fourth-order valence-electron chi connectivity index (χ4n) is 2.45. The van der Waals surface area contributed by atoms with E-state index in [1.165, 1.54) is 25.7 Å². The molecule has 0 saturated heterocycles. The largest absolute Gasteiger partial charge is 0.397 e. The molecule has 2 rings (SSSR count). The minimum atomic E-state index is 0.596. The van der Waals surface area contributed by atoms with Gasteiger partial charge in [0.15, 0.2) is 0 Å². The maximum absolute atomic E-state index is 6.20. The summed E-state index contributed by atoms with van der Waals surface area (Å²) in [6.45, 7) is 3.09. The Balaban J connectivity index is 2.25. The van der Waals surface area contributed by atoms with Gasteiger partial charge in [-0.25, -0.2) is 4.98 Å². The highest BCUT2D eigenvalue weighted by Gasteiger charge is 2.23. The predicted molar refractivity (Wildman–Crippen MR) is 68.9 cm³/mol. The predicted octanol–water partition coefficient (Wildman–Crippen LogP) is 3.09. The van der Waals surface area contributed by atoms with Gasteiger partial charge in [0.2, 0.25) is 0 Å². The lowest BCUT2D eigenvalue weighted by molar-refractivity contribution is 0.613. The van der Waals surface area contributed by atoms with E-state index in [1.807, 2.05) is 0 Å². The molecule has 1 aromatic heterocycles. The fraction of sp³-hybridized carbons (Fsp3) is 0.583. The molecule has 0 spiro atoms. The molecule has 2 N–H and O–H groups in total. The third-order valence-electron chi connectivity index (χ3n) is 3.22. The van der Waals surface area contributed by atoms with Crippen molar-refractivity contribution < 1.29 is 0 Å². The van der Waals surface area contributed by atoms with E-state index in [0.717, 1.165) is 12.4 Å². The second-order valence-corrected chi connectivity index (χ2v) is 4.71. The molecule has 0 bridgehead atoms. The number of anilines is 2. The average molecular weight is 240 g/mol. The molecule has 1 fully saturated rings. The summed E-state index contributed by atoms with van der Waals surface area (Å²) in [5.74, 6) is 0.880. The van der Waals surface area contributed by atoms with Gasteiger partial charge in [-0.05, 0) is 25.8 Å². The van der Waals surface area contributed by atoms with E-state index >= 15 is 0 Å². The van der Waals surface area contributed by atoms with Gasteiger partial charge in [0.25, 0.3) is 0 Å². The molecule has 1 aliphatic rings. The van der Waals surface area contributed by atoms with Gasteiger partial charge in [-0.1, -0.05) is 24.4 Å². The van der Waals surface area contributed by atoms with Crippen LogP contribution in [0.2, 0.25) is 5.02 Å². The van der Waals surface area contributed by atoms with E-state index in [0.29, 0.717) is 16.8 Å². The molecule has 0 aliphatic heterocycles. The van der Waals surface area contributed by atoms with E-state index < -0.39 is 0 Å². The lowest BCUT2D eigenvalue weighted by Crippen LogP contribution is -2.33. The molecule has 1 aromatic rings. The molecular weight excluding hydrogens is 222 g/mol. The molecule has 1 aliphatic carbocycles. The van der Waals surface area contributed by atoms with Crippen LogP contribution in [0.5, 0.6) is 0 Å². The van der Waals surface area contributed by atoms with Crippen LogP contribution >= 0.6 is 11.6 Å². The average Bonchev–Trinajstić information content (AvgIpc) is 2.75. The number of nitrogens with two attached hydrogens (primary N) is 1. The molecule has 0 radical (unpaired) electrons. The van der Waals surface area contributed by atoms with Crippen molar-refractivity contribution >= 4 is 23.1 Å². The standard InChI is InChI=1S/C12H18ClN3/c1-2-16(10-5-3-4-6-10)12-11(13)7-9(14)8-15-12/h7-8,10H,2-6,14H2,1H3. The lowest BCUT2D eigenvalue weighted by atomic mass is 10.2. The summed E-state index contributed by atoms with van der Waals surface area (Å²) < 4.78 is 0. The summed E-state index contributed by atoms with van der Waals surface area (Å²) in [5.41, 5.74) is 6.28. The SMILES string of the molecule is CCN(c1ncc(N)cc1Cl)C1CCCC1. The number of nitrogen functional groups attached to an aromatic ring is 1. The monoisotopic (exact) mass is 239 g/mol. The molecule has 1 saturated carbocycles. The zero-order valence-corrected chi connectivity index (χ0v) is 10.4. The summed E-state index contributed by atoms with van der Waals surface area (Å²) in [6, 6.07) is 2.38. The first-order valence-corrected chi connectivity index (χ1v) is 6.28. The molecule has 0 atom stereocenters. The van der Waals surface area contributed by atoms with Crippen LogP contribution in [0.15, 0.2) is 12.3 Å². The second-order valence-electron chi connectivity index (χ2n) is 4.30. The number of aromatic nitrogens is 1. The van der Waals surface area contributed by atoms with Gasteiger partial charge in [-0.2, -0.15) is 0 Å². The van der Waals surface area contributed by atoms with Gasteiger partial charge in [0.1, 0.15) is 5.82 Å². The van der Waals surface area contributed by atoms with Crippen molar-refractivity contribution in [3.05, 3.63) is 17.3 Å². The van der Waals surface area contributed by atoms with Crippen LogP contribution < -0.4 is 10.6 Å². The summed E-state index contributed by atoms with van der Waals surface area (Å²) >= 11 is 6.20. The van der Waals surface area contributed by atoms with Crippen molar-refractivity contribution in [2.24, 2.45) is 0 Å². The normalized spacial score (nSPS) is 16.6. The van der Waals surface area contributed by atoms with Gasteiger partial charge >= 0.3 is 0 Å².